The molecule has 0 radical (unpaired) electrons. The Kier molecular flexibility index (Phi) is 6.09. The molecular formula is C23H24N6O5. The van der Waals surface area contributed by atoms with Gasteiger partial charge in [0, 0.05) is 19.3 Å². The Hall–Kier alpha value is -4.54. The summed E-state index contributed by atoms with van der Waals surface area (Å²) in [5.41, 5.74) is 0.462. The first-order valence-corrected chi connectivity index (χ1v) is 10.6. The Bertz CT molecular complexity index is 1550. The van der Waals surface area contributed by atoms with Gasteiger partial charge in [-0.15, -0.1) is 0 Å². The number of imidazole rings is 1. The Balaban J connectivity index is 1.89. The van der Waals surface area contributed by atoms with Crippen LogP contribution in [0.4, 0.5) is 11.4 Å². The van der Waals surface area contributed by atoms with Gasteiger partial charge in [0.2, 0.25) is 5.88 Å². The predicted molar refractivity (Wildman–Crippen MR) is 131 cm³/mol. The van der Waals surface area contributed by atoms with E-state index in [1.54, 1.807) is 36.4 Å². The van der Waals surface area contributed by atoms with E-state index in [0.29, 0.717) is 35.6 Å². The van der Waals surface area contributed by atoms with Crippen molar-refractivity contribution in [3.05, 3.63) is 73.3 Å². The zero-order valence-corrected chi connectivity index (χ0v) is 18.9. The largest absolute Gasteiger partial charge is 0.495 e. The molecule has 0 saturated heterocycles. The highest BCUT2D eigenvalue weighted by atomic mass is 16.5. The number of hydrogen-bond donors (Lipinski definition) is 4. The summed E-state index contributed by atoms with van der Waals surface area (Å²) >= 11 is 0. The van der Waals surface area contributed by atoms with Gasteiger partial charge in [-0.05, 0) is 38.1 Å². The standard InChI is InChI=1S/C23H24N6O5/c1-4-28(5-2)18-11-15-14(25-22(32)26-15)10-16(18)24-12-13-20(30)27-23(33)29(21(13)31)17-8-6-7-9-19(17)34-3/h6-12,31H,4-5H2,1-3H3,(H2,25,26,32)(H,27,30,33). The number of benzene rings is 2. The minimum atomic E-state index is -0.820. The summed E-state index contributed by atoms with van der Waals surface area (Å²) in [5, 5.41) is 10.9. The monoisotopic (exact) mass is 464 g/mol. The minimum absolute atomic E-state index is 0.210. The van der Waals surface area contributed by atoms with Crippen LogP contribution in [0.5, 0.6) is 11.6 Å². The van der Waals surface area contributed by atoms with Gasteiger partial charge in [0.25, 0.3) is 5.56 Å². The fourth-order valence-corrected chi connectivity index (χ4v) is 3.81. The first-order valence-electron chi connectivity index (χ1n) is 10.6. The number of ether oxygens (including phenoxy) is 1. The second kappa shape index (κ2) is 9.14. The lowest BCUT2D eigenvalue weighted by molar-refractivity contribution is 0.401. The summed E-state index contributed by atoms with van der Waals surface area (Å²) in [6.07, 6.45) is 1.19. The molecule has 0 unspecified atom stereocenters. The van der Waals surface area contributed by atoms with Crippen LogP contribution in [0.2, 0.25) is 0 Å². The second-order valence-electron chi connectivity index (χ2n) is 7.40. The lowest BCUT2D eigenvalue weighted by Crippen LogP contribution is -2.31. The number of aliphatic imine (C=N–C) groups is 1. The van der Waals surface area contributed by atoms with Crippen LogP contribution in [0.25, 0.3) is 16.7 Å². The lowest BCUT2D eigenvalue weighted by atomic mass is 10.2. The van der Waals surface area contributed by atoms with Crippen LogP contribution >= 0.6 is 0 Å². The van der Waals surface area contributed by atoms with Crippen LogP contribution < -0.4 is 26.6 Å². The molecule has 11 nitrogen and oxygen atoms in total. The molecule has 2 heterocycles. The maximum absolute atomic E-state index is 12.6. The third kappa shape index (κ3) is 3.98. The maximum Gasteiger partial charge on any atom is 0.335 e. The molecule has 0 bridgehead atoms. The molecule has 0 aliphatic carbocycles. The van der Waals surface area contributed by atoms with Gasteiger partial charge in [-0.25, -0.2) is 14.2 Å². The van der Waals surface area contributed by atoms with E-state index in [9.17, 15) is 19.5 Å². The van der Waals surface area contributed by atoms with Crippen molar-refractivity contribution >= 4 is 28.6 Å². The van der Waals surface area contributed by atoms with E-state index >= 15 is 0 Å². The van der Waals surface area contributed by atoms with Crippen molar-refractivity contribution in [1.29, 1.82) is 0 Å². The van der Waals surface area contributed by atoms with Gasteiger partial charge in [0.1, 0.15) is 11.3 Å². The van der Waals surface area contributed by atoms with E-state index in [-0.39, 0.29) is 16.9 Å². The molecule has 0 saturated carbocycles. The van der Waals surface area contributed by atoms with Gasteiger partial charge in [0.05, 0.1) is 35.2 Å². The number of methoxy groups -OCH3 is 1. The van der Waals surface area contributed by atoms with Crippen LogP contribution in [0.15, 0.2) is 55.8 Å². The zero-order valence-electron chi connectivity index (χ0n) is 18.9. The van der Waals surface area contributed by atoms with Gasteiger partial charge in [-0.3, -0.25) is 14.8 Å². The summed E-state index contributed by atoms with van der Waals surface area (Å²) in [7, 11) is 1.44. The van der Waals surface area contributed by atoms with E-state index in [0.717, 1.165) is 10.3 Å². The number of para-hydroxylation sites is 2. The molecule has 11 heteroatoms. The molecule has 176 valence electrons. The molecule has 0 aliphatic rings. The van der Waals surface area contributed by atoms with Crippen molar-refractivity contribution in [2.45, 2.75) is 13.8 Å². The SMILES string of the molecule is CCN(CC)c1cc2[nH]c(=O)[nH]c2cc1N=Cc1c(O)n(-c2ccccc2OC)c(=O)[nH]c1=O. The molecule has 0 spiro atoms. The van der Waals surface area contributed by atoms with Gasteiger partial charge in [-0.1, -0.05) is 12.1 Å². The Morgan fingerprint density at radius 2 is 1.74 bits per heavy atom. The second-order valence-corrected chi connectivity index (χ2v) is 7.40. The number of H-pyrrole nitrogens is 3. The van der Waals surface area contributed by atoms with Crippen molar-refractivity contribution in [1.82, 2.24) is 19.5 Å². The average Bonchev–Trinajstić information content (AvgIpc) is 3.18. The highest BCUT2D eigenvalue weighted by Crippen LogP contribution is 2.32. The topological polar surface area (TPSA) is 149 Å². The highest BCUT2D eigenvalue weighted by molar-refractivity contribution is 5.91. The third-order valence-electron chi connectivity index (χ3n) is 5.49. The van der Waals surface area contributed by atoms with E-state index in [1.165, 1.54) is 13.3 Å². The van der Waals surface area contributed by atoms with E-state index in [2.05, 4.69) is 19.9 Å². The number of rotatable bonds is 7. The molecule has 34 heavy (non-hydrogen) atoms. The van der Waals surface area contributed by atoms with Crippen LogP contribution in [-0.4, -0.2) is 51.0 Å². The summed E-state index contributed by atoms with van der Waals surface area (Å²) in [4.78, 5) is 51.0. The Labute approximate surface area is 193 Å². The summed E-state index contributed by atoms with van der Waals surface area (Å²) in [6.45, 7) is 5.34. The van der Waals surface area contributed by atoms with E-state index < -0.39 is 17.1 Å². The highest BCUT2D eigenvalue weighted by Gasteiger charge is 2.18. The van der Waals surface area contributed by atoms with E-state index in [4.69, 9.17) is 4.74 Å². The summed E-state index contributed by atoms with van der Waals surface area (Å²) in [6, 6.07) is 10.1. The van der Waals surface area contributed by atoms with Gasteiger partial charge < -0.3 is 24.7 Å². The third-order valence-corrected chi connectivity index (χ3v) is 5.49. The van der Waals surface area contributed by atoms with Crippen LogP contribution in [0.3, 0.4) is 0 Å². The normalized spacial score (nSPS) is 11.4. The smallest absolute Gasteiger partial charge is 0.335 e. The van der Waals surface area contributed by atoms with Crippen LogP contribution in [0.1, 0.15) is 19.4 Å². The maximum atomic E-state index is 12.6. The molecule has 2 aromatic carbocycles. The zero-order chi connectivity index (χ0) is 24.4. The van der Waals surface area contributed by atoms with Crippen LogP contribution in [0, 0.1) is 0 Å². The number of anilines is 1. The average molecular weight is 464 g/mol. The molecule has 0 fully saturated rings. The molecular weight excluding hydrogens is 440 g/mol. The van der Waals surface area contributed by atoms with E-state index in [1.807, 2.05) is 18.7 Å². The number of fused-ring (bicyclic) bond motifs is 1. The number of hydrogen-bond acceptors (Lipinski definition) is 7. The molecule has 0 amide bonds. The van der Waals surface area contributed by atoms with Crippen LogP contribution in [-0.2, 0) is 0 Å². The quantitative estimate of drug-likeness (QED) is 0.308. The van der Waals surface area contributed by atoms with Crippen molar-refractivity contribution in [3.63, 3.8) is 0 Å². The Morgan fingerprint density at radius 3 is 2.41 bits per heavy atom. The number of aromatic amines is 3. The molecule has 0 atom stereocenters. The van der Waals surface area contributed by atoms with Crippen molar-refractivity contribution < 1.29 is 9.84 Å². The number of nitrogens with zero attached hydrogens (tertiary/aromatic N) is 3. The first-order chi connectivity index (χ1) is 16.4. The minimum Gasteiger partial charge on any atom is -0.495 e. The van der Waals surface area contributed by atoms with Crippen molar-refractivity contribution in [2.24, 2.45) is 4.99 Å². The predicted octanol–water partition coefficient (Wildman–Crippen LogP) is 2.01. The summed E-state index contributed by atoms with van der Waals surface area (Å²) in [5.74, 6) is -0.247. The summed E-state index contributed by atoms with van der Waals surface area (Å²) < 4.78 is 6.23. The Morgan fingerprint density at radius 1 is 1.06 bits per heavy atom. The number of nitrogens with one attached hydrogen (secondary N) is 3. The fraction of sp³-hybridized carbons (Fsp3) is 0.217. The van der Waals surface area contributed by atoms with Crippen molar-refractivity contribution in [3.8, 4) is 17.3 Å². The van der Waals surface area contributed by atoms with Gasteiger partial charge in [0.15, 0.2) is 0 Å². The molecule has 0 aliphatic heterocycles. The molecule has 4 aromatic rings. The fourth-order valence-electron chi connectivity index (χ4n) is 3.81. The van der Waals surface area contributed by atoms with Gasteiger partial charge in [-0.2, -0.15) is 0 Å². The lowest BCUT2D eigenvalue weighted by Gasteiger charge is -2.22. The number of aromatic hydroxyl groups is 1. The van der Waals surface area contributed by atoms with Crippen molar-refractivity contribution in [2.75, 3.05) is 25.1 Å². The van der Waals surface area contributed by atoms with Gasteiger partial charge >= 0.3 is 11.4 Å². The molecule has 2 aromatic heterocycles. The molecule has 4 N–H and O–H groups in total. The number of aromatic nitrogens is 4. The first kappa shape index (κ1) is 22.6. The molecule has 4 rings (SSSR count).